The number of likely N-dealkylation sites (N-methyl/N-ethyl adjacent to an activating group) is 1. The molecule has 0 unspecified atom stereocenters. The molecule has 0 aromatic carbocycles. The van der Waals surface area contributed by atoms with Gasteiger partial charge in [0, 0.05) is 14.0 Å². The lowest BCUT2D eigenvalue weighted by Crippen LogP contribution is -2.33. The molecule has 0 saturated heterocycles. The Morgan fingerprint density at radius 3 is 2.61 bits per heavy atom. The predicted octanol–water partition coefficient (Wildman–Crippen LogP) is 0.951. The molecule has 1 rings (SSSR count). The van der Waals surface area contributed by atoms with Crippen LogP contribution in [0.25, 0.3) is 0 Å². The van der Waals surface area contributed by atoms with Crippen molar-refractivity contribution < 1.29 is 19.1 Å². The molecular formula is C11H14N2O4S. The van der Waals surface area contributed by atoms with Crippen molar-refractivity contribution in [3.05, 3.63) is 17.0 Å². The van der Waals surface area contributed by atoms with E-state index in [1.165, 1.54) is 26.0 Å². The normalized spacial score (nSPS) is 9.72. The molecule has 7 heteroatoms. The Labute approximate surface area is 109 Å². The van der Waals surface area contributed by atoms with Crippen molar-refractivity contribution in [3.8, 4) is 0 Å². The van der Waals surface area contributed by atoms with Crippen molar-refractivity contribution in [1.29, 1.82) is 0 Å². The third-order valence-corrected chi connectivity index (χ3v) is 3.15. The molecule has 98 valence electrons. The summed E-state index contributed by atoms with van der Waals surface area (Å²) < 4.78 is 4.56. The Kier molecular flexibility index (Phi) is 4.85. The first-order chi connectivity index (χ1) is 8.43. The van der Waals surface area contributed by atoms with Gasteiger partial charge in [0.25, 0.3) is 0 Å². The number of carbonyl (C=O) groups excluding carboxylic acids is 3. The average molecular weight is 270 g/mol. The molecule has 1 heterocycles. The molecule has 0 fully saturated rings. The van der Waals surface area contributed by atoms with Crippen LogP contribution in [-0.2, 0) is 14.3 Å². The van der Waals surface area contributed by atoms with E-state index in [2.05, 4.69) is 10.1 Å². The second kappa shape index (κ2) is 6.15. The van der Waals surface area contributed by atoms with Gasteiger partial charge in [0.2, 0.25) is 11.8 Å². The average Bonchev–Trinajstić information content (AvgIpc) is 2.76. The van der Waals surface area contributed by atoms with Crippen molar-refractivity contribution >= 4 is 34.1 Å². The molecule has 0 aliphatic heterocycles. The molecule has 0 atom stereocenters. The van der Waals surface area contributed by atoms with E-state index in [1.54, 1.807) is 12.1 Å². The number of hydrogen-bond acceptors (Lipinski definition) is 5. The van der Waals surface area contributed by atoms with E-state index in [9.17, 15) is 14.4 Å². The summed E-state index contributed by atoms with van der Waals surface area (Å²) in [7, 11) is 2.83. The van der Waals surface area contributed by atoms with Gasteiger partial charge >= 0.3 is 5.97 Å². The number of esters is 1. The minimum absolute atomic E-state index is 0.0270. The Morgan fingerprint density at radius 1 is 1.39 bits per heavy atom. The maximum atomic E-state index is 11.6. The number of amides is 2. The number of thiophene rings is 1. The van der Waals surface area contributed by atoms with E-state index in [0.717, 1.165) is 11.3 Å². The van der Waals surface area contributed by atoms with Crippen LogP contribution in [0.1, 0.15) is 16.6 Å². The lowest BCUT2D eigenvalue weighted by atomic mass is 10.4. The molecule has 0 saturated carbocycles. The molecule has 0 radical (unpaired) electrons. The minimum Gasteiger partial charge on any atom is -0.465 e. The number of nitrogens with one attached hydrogen (secondary N) is 1. The van der Waals surface area contributed by atoms with Gasteiger partial charge in [0.05, 0.1) is 18.7 Å². The predicted molar refractivity (Wildman–Crippen MR) is 67.6 cm³/mol. The van der Waals surface area contributed by atoms with Crippen LogP contribution in [0, 0.1) is 0 Å². The highest BCUT2D eigenvalue weighted by molar-refractivity contribution is 7.18. The van der Waals surface area contributed by atoms with Gasteiger partial charge < -0.3 is 15.0 Å². The molecule has 0 spiro atoms. The Hall–Kier alpha value is -1.89. The minimum atomic E-state index is -0.443. The summed E-state index contributed by atoms with van der Waals surface area (Å²) in [6.45, 7) is 1.36. The first kappa shape index (κ1) is 14.2. The summed E-state index contributed by atoms with van der Waals surface area (Å²) in [6.07, 6.45) is 0. The molecular weight excluding hydrogens is 256 g/mol. The number of nitrogens with zero attached hydrogens (tertiary/aromatic N) is 1. The summed E-state index contributed by atoms with van der Waals surface area (Å²) in [6, 6.07) is 3.18. The van der Waals surface area contributed by atoms with Gasteiger partial charge in [-0.2, -0.15) is 0 Å². The fourth-order valence-corrected chi connectivity index (χ4v) is 1.96. The zero-order chi connectivity index (χ0) is 13.7. The van der Waals surface area contributed by atoms with E-state index < -0.39 is 5.97 Å². The van der Waals surface area contributed by atoms with Crippen LogP contribution in [0.2, 0.25) is 0 Å². The van der Waals surface area contributed by atoms with Crippen LogP contribution in [0.3, 0.4) is 0 Å². The molecule has 1 aromatic heterocycles. The number of carbonyl (C=O) groups is 3. The number of rotatable bonds is 4. The first-order valence-corrected chi connectivity index (χ1v) is 5.95. The van der Waals surface area contributed by atoms with Crippen LogP contribution in [0.15, 0.2) is 12.1 Å². The van der Waals surface area contributed by atoms with Crippen LogP contribution >= 0.6 is 11.3 Å². The van der Waals surface area contributed by atoms with Gasteiger partial charge in [-0.3, -0.25) is 9.59 Å². The van der Waals surface area contributed by atoms with Gasteiger partial charge in [-0.15, -0.1) is 11.3 Å². The molecule has 0 aliphatic carbocycles. The molecule has 2 amide bonds. The second-order valence-corrected chi connectivity index (χ2v) is 4.66. The quantitative estimate of drug-likeness (QED) is 0.827. The SMILES string of the molecule is COC(=O)c1ccc(NC(=O)CN(C)C(C)=O)s1. The number of hydrogen-bond donors (Lipinski definition) is 1. The third-order valence-electron chi connectivity index (χ3n) is 2.17. The van der Waals surface area contributed by atoms with Gasteiger partial charge in [0.1, 0.15) is 4.88 Å². The number of anilines is 1. The third kappa shape index (κ3) is 3.85. The highest BCUT2D eigenvalue weighted by atomic mass is 32.1. The van der Waals surface area contributed by atoms with Gasteiger partial charge in [-0.1, -0.05) is 0 Å². The summed E-state index contributed by atoms with van der Waals surface area (Å²) in [4.78, 5) is 35.4. The summed E-state index contributed by atoms with van der Waals surface area (Å²) in [5, 5.41) is 3.14. The maximum absolute atomic E-state index is 11.6. The van der Waals surface area contributed by atoms with E-state index in [0.29, 0.717) is 9.88 Å². The van der Waals surface area contributed by atoms with Crippen LogP contribution in [0.4, 0.5) is 5.00 Å². The van der Waals surface area contributed by atoms with Gasteiger partial charge in [0.15, 0.2) is 0 Å². The van der Waals surface area contributed by atoms with E-state index >= 15 is 0 Å². The summed E-state index contributed by atoms with van der Waals surface area (Å²) >= 11 is 1.12. The van der Waals surface area contributed by atoms with E-state index in [-0.39, 0.29) is 18.4 Å². The Balaban J connectivity index is 2.57. The topological polar surface area (TPSA) is 75.7 Å². The summed E-state index contributed by atoms with van der Waals surface area (Å²) in [5.74, 6) is -0.945. The van der Waals surface area contributed by atoms with Crippen molar-refractivity contribution in [3.63, 3.8) is 0 Å². The van der Waals surface area contributed by atoms with Gasteiger partial charge in [-0.25, -0.2) is 4.79 Å². The maximum Gasteiger partial charge on any atom is 0.348 e. The van der Waals surface area contributed by atoms with E-state index in [1.807, 2.05) is 0 Å². The number of methoxy groups -OCH3 is 1. The molecule has 6 nitrogen and oxygen atoms in total. The Bertz CT molecular complexity index is 469. The highest BCUT2D eigenvalue weighted by Crippen LogP contribution is 2.22. The largest absolute Gasteiger partial charge is 0.465 e. The fourth-order valence-electron chi connectivity index (χ4n) is 1.12. The van der Waals surface area contributed by atoms with Crippen molar-refractivity contribution in [2.45, 2.75) is 6.92 Å². The Morgan fingerprint density at radius 2 is 2.06 bits per heavy atom. The fraction of sp³-hybridized carbons (Fsp3) is 0.364. The van der Waals surface area contributed by atoms with Crippen molar-refractivity contribution in [1.82, 2.24) is 4.90 Å². The van der Waals surface area contributed by atoms with Crippen molar-refractivity contribution in [2.75, 3.05) is 26.0 Å². The monoisotopic (exact) mass is 270 g/mol. The molecule has 0 aliphatic rings. The zero-order valence-electron chi connectivity index (χ0n) is 10.4. The van der Waals surface area contributed by atoms with Crippen LogP contribution in [-0.4, -0.2) is 43.4 Å². The molecule has 0 bridgehead atoms. The highest BCUT2D eigenvalue weighted by Gasteiger charge is 2.12. The van der Waals surface area contributed by atoms with Crippen LogP contribution in [0.5, 0.6) is 0 Å². The second-order valence-electron chi connectivity index (χ2n) is 3.58. The van der Waals surface area contributed by atoms with Crippen LogP contribution < -0.4 is 5.32 Å². The van der Waals surface area contributed by atoms with E-state index in [4.69, 9.17) is 0 Å². The first-order valence-electron chi connectivity index (χ1n) is 5.13. The van der Waals surface area contributed by atoms with Gasteiger partial charge in [-0.05, 0) is 12.1 Å². The summed E-state index contributed by atoms with van der Waals surface area (Å²) in [5.41, 5.74) is 0. The molecule has 18 heavy (non-hydrogen) atoms. The lowest BCUT2D eigenvalue weighted by Gasteiger charge is -2.13. The molecule has 1 N–H and O–H groups in total. The van der Waals surface area contributed by atoms with Crippen molar-refractivity contribution in [2.24, 2.45) is 0 Å². The standard InChI is InChI=1S/C11H14N2O4S/c1-7(14)13(2)6-9(15)12-10-5-4-8(18-10)11(16)17-3/h4-5H,6H2,1-3H3,(H,12,15). The molecule has 1 aromatic rings. The smallest absolute Gasteiger partial charge is 0.348 e. The lowest BCUT2D eigenvalue weighted by molar-refractivity contribution is -0.131. The number of ether oxygens (including phenoxy) is 1. The zero-order valence-corrected chi connectivity index (χ0v) is 11.2.